The molecule has 4 saturated heterocycles. The summed E-state index contributed by atoms with van der Waals surface area (Å²) in [5.74, 6) is -5.85. The summed E-state index contributed by atoms with van der Waals surface area (Å²) in [6.07, 6.45) is -1.63. The molecule has 0 saturated carbocycles. The molecule has 5 heterocycles. The summed E-state index contributed by atoms with van der Waals surface area (Å²) in [6, 6.07) is 8.86. The Balaban J connectivity index is 0.724. The van der Waals surface area contributed by atoms with E-state index >= 15 is 0 Å². The molecule has 0 bridgehead atoms. The number of nitrogens with zero attached hydrogens (tertiary/aromatic N) is 4. The van der Waals surface area contributed by atoms with E-state index in [1.54, 1.807) is 43.0 Å². The third kappa shape index (κ3) is 12.9. The summed E-state index contributed by atoms with van der Waals surface area (Å²) < 4.78 is 41.9. The zero-order chi connectivity index (χ0) is 62.9. The van der Waals surface area contributed by atoms with Crippen LogP contribution in [0.15, 0.2) is 54.6 Å². The minimum absolute atomic E-state index is 0.0641. The van der Waals surface area contributed by atoms with Crippen LogP contribution in [0.1, 0.15) is 121 Å². The minimum Gasteiger partial charge on any atom is -0.507 e. The van der Waals surface area contributed by atoms with Gasteiger partial charge >= 0.3 is 6.09 Å². The van der Waals surface area contributed by atoms with E-state index in [-0.39, 0.29) is 116 Å². The fraction of sp³-hybridized carbons (Fsp3) is 0.532. The standard InChI is InChI=1S/C62H75N7O19/c1-32(2)51(65-43(71)13-8-7-9-20-69-44(72)18-19-45(69)73)58(79)63-33(3)57(78)64-36-16-14-35(15-17-36)31-85-61(80)67-23-21-66(22-24-67)30-42(70)62(81)28-38-48(55(77)50-49(53(38)75)52(74)37-11-10-12-40(82-5)47(37)54(50)76)41(29-62)87-46-27-39-56(34(4)86-46)88-59-60(83-6)84-26-25-68(39)59/h10-12,14-19,32-34,39,41,46,51,56,59-60,75,77,81H,7-9,13,20-31H2,1-6H3,(H,63,79)(H,64,78)(H,65,71)/t33?,34-,39-,41-,46-,51?,56+,59+,60-,62-/m0/s1. The lowest BCUT2D eigenvalue weighted by Crippen LogP contribution is -2.56. The predicted octanol–water partition coefficient (Wildman–Crippen LogP) is 2.74. The summed E-state index contributed by atoms with van der Waals surface area (Å²) in [4.78, 5) is 126. The summed E-state index contributed by atoms with van der Waals surface area (Å²) in [5.41, 5.74) is -2.54. The van der Waals surface area contributed by atoms with Crippen molar-refractivity contribution in [2.75, 3.05) is 72.0 Å². The maximum absolute atomic E-state index is 14.6. The van der Waals surface area contributed by atoms with Crippen LogP contribution in [0.3, 0.4) is 0 Å². The van der Waals surface area contributed by atoms with Crippen molar-refractivity contribution in [2.45, 2.75) is 140 Å². The quantitative estimate of drug-likeness (QED) is 0.0397. The van der Waals surface area contributed by atoms with Gasteiger partial charge in [0.2, 0.25) is 23.5 Å². The molecular weight excluding hydrogens is 1150 g/mol. The van der Waals surface area contributed by atoms with Crippen LogP contribution < -0.4 is 20.7 Å². The Kier molecular flexibility index (Phi) is 19.1. The normalized spacial score (nSPS) is 25.7. The Morgan fingerprint density at radius 1 is 0.818 bits per heavy atom. The van der Waals surface area contributed by atoms with Gasteiger partial charge in [-0.2, -0.15) is 0 Å². The number of imide groups is 1. The first-order valence-electron chi connectivity index (χ1n) is 29.8. The van der Waals surface area contributed by atoms with Crippen molar-refractivity contribution in [3.05, 3.63) is 93.6 Å². The second-order valence-electron chi connectivity index (χ2n) is 23.6. The van der Waals surface area contributed by atoms with E-state index < -0.39 is 126 Å². The fourth-order valence-electron chi connectivity index (χ4n) is 12.7. The Labute approximate surface area is 507 Å². The van der Waals surface area contributed by atoms with Crippen LogP contribution in [-0.2, 0) is 70.2 Å². The van der Waals surface area contributed by atoms with Gasteiger partial charge in [0.1, 0.15) is 47.6 Å². The predicted molar refractivity (Wildman–Crippen MR) is 309 cm³/mol. The van der Waals surface area contributed by atoms with E-state index in [0.717, 1.165) is 4.90 Å². The molecule has 0 spiro atoms. The third-order valence-corrected chi connectivity index (χ3v) is 17.5. The molecular formula is C62H75N7O19. The van der Waals surface area contributed by atoms with Gasteiger partial charge in [0.05, 0.1) is 49.2 Å². The Morgan fingerprint density at radius 3 is 2.23 bits per heavy atom. The lowest BCUT2D eigenvalue weighted by molar-refractivity contribution is -0.256. The molecule has 2 aliphatic carbocycles. The number of methoxy groups -OCH3 is 2. The number of rotatable bonds is 21. The number of ketones is 3. The van der Waals surface area contributed by atoms with Crippen molar-refractivity contribution in [1.29, 1.82) is 0 Å². The van der Waals surface area contributed by atoms with Gasteiger partial charge in [0.25, 0.3) is 11.8 Å². The highest BCUT2D eigenvalue weighted by atomic mass is 16.7. The number of anilines is 1. The lowest BCUT2D eigenvalue weighted by Gasteiger charge is -2.44. The summed E-state index contributed by atoms with van der Waals surface area (Å²) in [6.45, 7) is 8.41. The number of unbranched alkanes of at least 4 members (excludes halogenated alkanes) is 2. The van der Waals surface area contributed by atoms with Gasteiger partial charge in [-0.1, -0.05) is 44.5 Å². The highest BCUT2D eigenvalue weighted by Gasteiger charge is 2.55. The van der Waals surface area contributed by atoms with Gasteiger partial charge in [-0.05, 0) is 56.4 Å². The van der Waals surface area contributed by atoms with Gasteiger partial charge in [0.15, 0.2) is 30.4 Å². The number of aliphatic hydroxyl groups is 1. The molecule has 4 fully saturated rings. The molecule has 6 N–H and O–H groups in total. The second kappa shape index (κ2) is 26.6. The average Bonchev–Trinajstić information content (AvgIpc) is 1.07. The van der Waals surface area contributed by atoms with E-state index in [1.165, 1.54) is 56.4 Å². The van der Waals surface area contributed by atoms with Gasteiger partial charge in [-0.15, -0.1) is 0 Å². The molecule has 3 aromatic carbocycles. The van der Waals surface area contributed by atoms with Crippen LogP contribution in [0.5, 0.6) is 17.2 Å². The van der Waals surface area contributed by atoms with Crippen molar-refractivity contribution in [3.8, 4) is 17.2 Å². The molecule has 7 aliphatic rings. The van der Waals surface area contributed by atoms with Gasteiger partial charge in [-0.25, -0.2) is 4.79 Å². The number of piperazine rings is 1. The molecule has 2 unspecified atom stereocenters. The Hall–Kier alpha value is -7.69. The molecule has 26 nitrogen and oxygen atoms in total. The monoisotopic (exact) mass is 1220 g/mol. The molecule has 26 heteroatoms. The van der Waals surface area contributed by atoms with E-state index in [2.05, 4.69) is 20.9 Å². The Bertz CT molecular complexity index is 3260. The zero-order valence-electron chi connectivity index (χ0n) is 49.9. The van der Waals surface area contributed by atoms with Crippen molar-refractivity contribution >= 4 is 58.7 Å². The maximum Gasteiger partial charge on any atom is 0.410 e. The number of carbonyl (C=O) groups excluding carboxylic acids is 9. The number of carbonyl (C=O) groups is 9. The molecule has 472 valence electrons. The first-order valence-corrected chi connectivity index (χ1v) is 29.8. The highest BCUT2D eigenvalue weighted by Crippen LogP contribution is 2.53. The van der Waals surface area contributed by atoms with Crippen LogP contribution in [0.2, 0.25) is 0 Å². The number of ether oxygens (including phenoxy) is 7. The molecule has 10 rings (SSSR count). The van der Waals surface area contributed by atoms with Crippen molar-refractivity contribution < 1.29 is 91.6 Å². The van der Waals surface area contributed by atoms with Crippen LogP contribution in [0.4, 0.5) is 10.5 Å². The van der Waals surface area contributed by atoms with E-state index in [4.69, 9.17) is 33.2 Å². The first-order chi connectivity index (χ1) is 42.1. The van der Waals surface area contributed by atoms with Crippen LogP contribution in [0.25, 0.3) is 0 Å². The maximum atomic E-state index is 14.6. The molecule has 6 amide bonds. The van der Waals surface area contributed by atoms with E-state index in [9.17, 15) is 58.5 Å². The van der Waals surface area contributed by atoms with E-state index in [0.29, 0.717) is 43.7 Å². The number of amides is 6. The van der Waals surface area contributed by atoms with Gasteiger partial charge in [-0.3, -0.25) is 53.1 Å². The molecule has 5 aliphatic heterocycles. The fourth-order valence-corrected chi connectivity index (χ4v) is 12.7. The topological polar surface area (TPSA) is 328 Å². The smallest absolute Gasteiger partial charge is 0.410 e. The average molecular weight is 1220 g/mol. The van der Waals surface area contributed by atoms with Crippen molar-refractivity contribution in [2.24, 2.45) is 5.92 Å². The van der Waals surface area contributed by atoms with E-state index in [1.807, 2.05) is 6.92 Å². The number of morpholine rings is 1. The molecule has 0 aromatic heterocycles. The van der Waals surface area contributed by atoms with Crippen molar-refractivity contribution in [3.63, 3.8) is 0 Å². The number of phenolic OH excluding ortho intramolecular Hbond substituents is 2. The zero-order valence-corrected chi connectivity index (χ0v) is 49.9. The van der Waals surface area contributed by atoms with Gasteiger partial charge in [0, 0.05) is 113 Å². The highest BCUT2D eigenvalue weighted by molar-refractivity contribution is 6.31. The number of Topliss-reactive ketones (excluding diaryl/α,β-unsaturated/α-hetero) is 1. The number of benzene rings is 3. The minimum atomic E-state index is -2.25. The van der Waals surface area contributed by atoms with Crippen molar-refractivity contribution in [1.82, 2.24) is 30.2 Å². The summed E-state index contributed by atoms with van der Waals surface area (Å²) >= 11 is 0. The number of phenols is 2. The number of hydrogen-bond acceptors (Lipinski definition) is 21. The first kappa shape index (κ1) is 63.3. The number of fused-ring (bicyclic) bond motifs is 6. The number of aromatic hydroxyl groups is 2. The van der Waals surface area contributed by atoms with Gasteiger partial charge < -0.3 is 69.3 Å². The third-order valence-electron chi connectivity index (χ3n) is 17.5. The molecule has 88 heavy (non-hydrogen) atoms. The Morgan fingerprint density at radius 2 is 1.53 bits per heavy atom. The second-order valence-corrected chi connectivity index (χ2v) is 23.6. The molecule has 3 aromatic rings. The number of nitrogens with one attached hydrogen (secondary N) is 3. The van der Waals surface area contributed by atoms with Crippen LogP contribution in [-0.4, -0.2) is 209 Å². The number of hydrogen-bond donors (Lipinski definition) is 6. The molecule has 0 radical (unpaired) electrons. The summed E-state index contributed by atoms with van der Waals surface area (Å²) in [7, 11) is 2.87. The largest absolute Gasteiger partial charge is 0.507 e. The van der Waals surface area contributed by atoms with Crippen LogP contribution >= 0.6 is 0 Å². The summed E-state index contributed by atoms with van der Waals surface area (Å²) in [5, 5.41) is 45.1. The lowest BCUT2D eigenvalue weighted by atomic mass is 9.71. The molecule has 10 atom stereocenters. The SMILES string of the molecule is COc1cccc2c1C(=O)c1c(O)c3c(c(O)c1C2=O)C[C@@](O)(C(=O)CN1CCN(C(=O)OCc2ccc(NC(=O)C(C)NC(=O)C(NC(=O)CCCCCN4C(=O)C=CC4=O)C(C)C)cc2)CC1)C[C@@H]3O[C@H]1C[C@H]2[C@H](O[C@@H]3[C@@H](OC)OCCN32)[C@H](C)O1. The van der Waals surface area contributed by atoms with Crippen LogP contribution in [0, 0.1) is 5.92 Å².